The number of halogens is 1. The Bertz CT molecular complexity index is 2270. The number of likely N-dealkylation sites (tertiary alicyclic amines) is 1. The monoisotopic (exact) mass is 851 g/mol. The van der Waals surface area contributed by atoms with Crippen molar-refractivity contribution in [3.8, 4) is 28.9 Å². The normalized spacial score (nSPS) is 23.7. The third-order valence-corrected chi connectivity index (χ3v) is 14.5. The molecule has 4 atom stereocenters. The van der Waals surface area contributed by atoms with Gasteiger partial charge in [0.15, 0.2) is 5.82 Å². The van der Waals surface area contributed by atoms with Gasteiger partial charge < -0.3 is 33.6 Å². The number of ether oxygens (including phenoxy) is 3. The Labute approximate surface area is 364 Å². The second-order valence-corrected chi connectivity index (χ2v) is 18.6. The Morgan fingerprint density at radius 1 is 1.00 bits per heavy atom. The minimum Gasteiger partial charge on any atom is -0.508 e. The lowest BCUT2D eigenvalue weighted by atomic mass is 9.81. The van der Waals surface area contributed by atoms with Crippen molar-refractivity contribution < 1.29 is 33.0 Å². The number of allylic oxidation sites excluding steroid dienone is 1. The van der Waals surface area contributed by atoms with E-state index in [0.717, 1.165) is 101 Å². The van der Waals surface area contributed by atoms with Crippen LogP contribution in [-0.4, -0.2) is 105 Å². The van der Waals surface area contributed by atoms with Gasteiger partial charge in [-0.05, 0) is 98.2 Å². The van der Waals surface area contributed by atoms with Crippen molar-refractivity contribution in [2.75, 3.05) is 50.8 Å². The fourth-order valence-corrected chi connectivity index (χ4v) is 10.5. The van der Waals surface area contributed by atoms with Crippen molar-refractivity contribution in [2.24, 2.45) is 5.92 Å². The van der Waals surface area contributed by atoms with Gasteiger partial charge in [0.05, 0.1) is 10.9 Å². The second-order valence-electron chi connectivity index (χ2n) is 18.6. The van der Waals surface area contributed by atoms with Crippen LogP contribution in [0, 0.1) is 11.7 Å². The summed E-state index contributed by atoms with van der Waals surface area (Å²) in [5, 5.41) is 15.4. The maximum Gasteiger partial charge on any atom is 0.409 e. The van der Waals surface area contributed by atoms with Crippen molar-refractivity contribution in [1.29, 1.82) is 0 Å². The lowest BCUT2D eigenvalue weighted by molar-refractivity contribution is 0.0341. The van der Waals surface area contributed by atoms with Crippen molar-refractivity contribution >= 4 is 28.9 Å². The number of nitrogens with zero attached hydrogens (tertiary/aromatic N) is 7. The highest BCUT2D eigenvalue weighted by molar-refractivity contribution is 5.92. The molecule has 2 unspecified atom stereocenters. The number of hydrogen-bond acceptors (Lipinski definition) is 12. The van der Waals surface area contributed by atoms with E-state index in [4.69, 9.17) is 33.7 Å². The van der Waals surface area contributed by atoms with E-state index < -0.39 is 5.82 Å². The van der Waals surface area contributed by atoms with Crippen molar-refractivity contribution in [3.63, 3.8) is 0 Å². The maximum atomic E-state index is 17.1. The summed E-state index contributed by atoms with van der Waals surface area (Å²) >= 11 is 0. The molecule has 0 spiro atoms. The van der Waals surface area contributed by atoms with Crippen LogP contribution in [0.3, 0.4) is 0 Å². The minimum atomic E-state index is -0.538. The van der Waals surface area contributed by atoms with Gasteiger partial charge in [0.1, 0.15) is 47.9 Å². The number of carbonyl (C=O) groups is 1. The summed E-state index contributed by atoms with van der Waals surface area (Å²) in [6, 6.07) is 5.49. The number of amides is 1. The number of fused-ring (bicyclic) bond motifs is 3. The van der Waals surface area contributed by atoms with Crippen LogP contribution in [0.1, 0.15) is 133 Å². The number of hydrogen-bond donors (Lipinski definition) is 1. The first-order chi connectivity index (χ1) is 30.1. The molecule has 3 aromatic heterocycles. The molecule has 1 aromatic carbocycles. The van der Waals surface area contributed by atoms with Gasteiger partial charge in [0, 0.05) is 68.8 Å². The second kappa shape index (κ2) is 18.0. The molecule has 1 amide bonds. The molecule has 332 valence electrons. The first kappa shape index (κ1) is 42.3. The van der Waals surface area contributed by atoms with Crippen molar-refractivity contribution in [1.82, 2.24) is 29.9 Å². The average Bonchev–Trinajstić information content (AvgIpc) is 3.94. The molecule has 4 aromatic rings. The molecule has 0 saturated carbocycles. The predicted octanol–water partition coefficient (Wildman–Crippen LogP) is 9.63. The number of phenols is 1. The van der Waals surface area contributed by atoms with Gasteiger partial charge in [-0.2, -0.15) is 9.97 Å². The summed E-state index contributed by atoms with van der Waals surface area (Å²) in [7, 11) is 0. The molecule has 62 heavy (non-hydrogen) atoms. The molecule has 5 aliphatic rings. The van der Waals surface area contributed by atoms with Crippen molar-refractivity contribution in [2.45, 2.75) is 134 Å². The molecule has 0 radical (unpaired) electrons. The number of aromatic nitrogens is 4. The third kappa shape index (κ3) is 8.43. The highest BCUT2D eigenvalue weighted by atomic mass is 19.1. The van der Waals surface area contributed by atoms with E-state index >= 15 is 4.39 Å². The average molecular weight is 852 g/mol. The third-order valence-electron chi connectivity index (χ3n) is 14.5. The number of pyridine rings is 1. The van der Waals surface area contributed by atoms with Gasteiger partial charge in [0.25, 0.3) is 5.88 Å². The van der Waals surface area contributed by atoms with Crippen LogP contribution in [0.25, 0.3) is 28.2 Å². The fraction of sp³-hybridized carbons (Fsp3) is 0.604. The molecule has 4 fully saturated rings. The highest BCUT2D eigenvalue weighted by Crippen LogP contribution is 2.45. The fourth-order valence-electron chi connectivity index (χ4n) is 10.5. The lowest BCUT2D eigenvalue weighted by Crippen LogP contribution is -2.48. The highest BCUT2D eigenvalue weighted by Gasteiger charge is 2.50. The van der Waals surface area contributed by atoms with Gasteiger partial charge in [0.2, 0.25) is 0 Å². The molecule has 7 heterocycles. The SMILES string of the molecule is CCC1CC=Cc2cc(O)cc(-c3ncc4c(N5CCCCCC5)nc(OC[C@]56CCCN5[C@H](COC(=O)N5CCC(Oc7cc(C(C)C(C)C)on7)CC5)CC6)nc4c3F)c21. The van der Waals surface area contributed by atoms with E-state index in [1.807, 2.05) is 12.1 Å². The molecule has 4 saturated heterocycles. The molecular weight excluding hydrogens is 790 g/mol. The Morgan fingerprint density at radius 2 is 1.81 bits per heavy atom. The zero-order valence-electron chi connectivity index (χ0n) is 36.8. The summed E-state index contributed by atoms with van der Waals surface area (Å²) in [4.78, 5) is 34.3. The number of phenolic OH excluding ortho intramolecular Hbond substituents is 1. The Kier molecular flexibility index (Phi) is 12.3. The molecule has 13 nitrogen and oxygen atoms in total. The minimum absolute atomic E-state index is 0.0385. The summed E-state index contributed by atoms with van der Waals surface area (Å²) in [6.45, 7) is 12.8. The van der Waals surface area contributed by atoms with E-state index in [1.165, 1.54) is 0 Å². The summed E-state index contributed by atoms with van der Waals surface area (Å²) < 4.78 is 41.4. The van der Waals surface area contributed by atoms with E-state index in [0.29, 0.717) is 67.7 Å². The van der Waals surface area contributed by atoms with E-state index in [1.54, 1.807) is 23.2 Å². The van der Waals surface area contributed by atoms with Gasteiger partial charge in [-0.15, -0.1) is 0 Å². The van der Waals surface area contributed by atoms with Crippen LogP contribution in [0.5, 0.6) is 17.6 Å². The number of benzene rings is 1. The molecule has 0 bridgehead atoms. The Balaban J connectivity index is 0.884. The van der Waals surface area contributed by atoms with Crippen LogP contribution in [0.2, 0.25) is 0 Å². The topological polar surface area (TPSA) is 139 Å². The zero-order chi connectivity index (χ0) is 43.0. The van der Waals surface area contributed by atoms with E-state index in [9.17, 15) is 9.90 Å². The molecule has 9 rings (SSSR count). The number of carbonyl (C=O) groups excluding carboxylic acids is 1. The summed E-state index contributed by atoms with van der Waals surface area (Å²) in [6.07, 6.45) is 16.7. The van der Waals surface area contributed by atoms with Gasteiger partial charge >= 0.3 is 12.1 Å². The molecular formula is C48H62FN7O6. The number of piperidine rings is 1. The lowest BCUT2D eigenvalue weighted by Gasteiger charge is -2.35. The number of rotatable bonds is 12. The summed E-state index contributed by atoms with van der Waals surface area (Å²) in [5.74, 6) is 2.38. The standard InChI is InChI=1S/C48H62FN7O6/c1-5-32-12-10-13-33-24-35(57)25-37(41(32)33)43-42(49)44-38(27-50-43)45(54-19-8-6-7-9-20-54)52-46(51-44)60-29-48-17-11-21-56(48)34(14-18-48)28-59-47(58)55-22-15-36(16-23-55)61-40-26-39(62-53-40)31(4)30(2)3/h10,13,24-27,30-32,34,36,57H,5-9,11-12,14-23,28-29H2,1-4H3/t31?,32?,34-,48+/m0/s1. The van der Waals surface area contributed by atoms with E-state index in [-0.39, 0.29) is 58.6 Å². The number of aromatic hydroxyl groups is 1. The Morgan fingerprint density at radius 3 is 2.58 bits per heavy atom. The molecule has 1 N–H and O–H groups in total. The van der Waals surface area contributed by atoms with Gasteiger partial charge in [-0.3, -0.25) is 9.88 Å². The van der Waals surface area contributed by atoms with Crippen LogP contribution in [0.4, 0.5) is 15.0 Å². The number of anilines is 1. The predicted molar refractivity (Wildman–Crippen MR) is 235 cm³/mol. The zero-order valence-corrected chi connectivity index (χ0v) is 36.8. The van der Waals surface area contributed by atoms with Crippen LogP contribution < -0.4 is 14.4 Å². The van der Waals surface area contributed by atoms with Crippen LogP contribution in [0.15, 0.2) is 35.0 Å². The Hall–Kier alpha value is -4.98. The molecule has 1 aliphatic carbocycles. The van der Waals surface area contributed by atoms with Gasteiger partial charge in [-0.1, -0.05) is 52.7 Å². The largest absolute Gasteiger partial charge is 0.508 e. The van der Waals surface area contributed by atoms with Crippen LogP contribution in [-0.2, 0) is 4.74 Å². The molecule has 14 heteroatoms. The smallest absolute Gasteiger partial charge is 0.409 e. The quantitative estimate of drug-likeness (QED) is 0.145. The maximum absolute atomic E-state index is 17.1. The van der Waals surface area contributed by atoms with E-state index in [2.05, 4.69) is 48.7 Å². The molecule has 4 aliphatic heterocycles. The van der Waals surface area contributed by atoms with Gasteiger partial charge in [-0.25, -0.2) is 9.18 Å². The van der Waals surface area contributed by atoms with Crippen LogP contribution >= 0.6 is 0 Å². The summed E-state index contributed by atoms with van der Waals surface area (Å²) in [5.41, 5.74) is 2.58. The first-order valence-corrected chi connectivity index (χ1v) is 23.2. The van der Waals surface area contributed by atoms with Crippen molar-refractivity contribution in [3.05, 3.63) is 53.2 Å². The first-order valence-electron chi connectivity index (χ1n) is 23.2.